The summed E-state index contributed by atoms with van der Waals surface area (Å²) in [6, 6.07) is 13.2. The number of ether oxygens (including phenoxy) is 1. The predicted octanol–water partition coefficient (Wildman–Crippen LogP) is 4.36. The van der Waals surface area contributed by atoms with Crippen molar-refractivity contribution in [2.75, 3.05) is 0 Å². The molecule has 0 radical (unpaired) electrons. The Bertz CT molecular complexity index is 645. The fourth-order valence-electron chi connectivity index (χ4n) is 1.67. The average Bonchev–Trinajstić information content (AvgIpc) is 2.50. The van der Waals surface area contributed by atoms with E-state index in [2.05, 4.69) is 11.6 Å². The van der Waals surface area contributed by atoms with Gasteiger partial charge in [-0.25, -0.2) is 9.38 Å². The minimum absolute atomic E-state index is 0.291. The fourth-order valence-corrected chi connectivity index (χ4v) is 1.67. The second-order valence-electron chi connectivity index (χ2n) is 4.48. The molecule has 0 unspecified atom stereocenters. The SMILES string of the molecule is C=C(/N=C(/N)CC)c1ccc(Oc2ccc(F)cc2)cc1. The van der Waals surface area contributed by atoms with Crippen LogP contribution in [0.15, 0.2) is 60.1 Å². The molecule has 0 bridgehead atoms. The number of hydrogen-bond acceptors (Lipinski definition) is 2. The summed E-state index contributed by atoms with van der Waals surface area (Å²) in [5.41, 5.74) is 7.18. The van der Waals surface area contributed by atoms with E-state index in [9.17, 15) is 4.39 Å². The summed E-state index contributed by atoms with van der Waals surface area (Å²) in [5, 5.41) is 0. The van der Waals surface area contributed by atoms with Crippen LogP contribution in [0, 0.1) is 5.82 Å². The van der Waals surface area contributed by atoms with Gasteiger partial charge in [0.2, 0.25) is 0 Å². The summed E-state index contributed by atoms with van der Waals surface area (Å²) in [4.78, 5) is 4.21. The molecule has 0 aliphatic carbocycles. The first-order valence-corrected chi connectivity index (χ1v) is 6.64. The Morgan fingerprint density at radius 1 is 1.10 bits per heavy atom. The topological polar surface area (TPSA) is 47.6 Å². The fraction of sp³-hybridized carbons (Fsp3) is 0.118. The van der Waals surface area contributed by atoms with Crippen LogP contribution in [0.5, 0.6) is 11.5 Å². The van der Waals surface area contributed by atoms with Gasteiger partial charge in [-0.2, -0.15) is 0 Å². The van der Waals surface area contributed by atoms with E-state index in [0.717, 1.165) is 5.56 Å². The van der Waals surface area contributed by atoms with E-state index in [0.29, 0.717) is 29.5 Å². The van der Waals surface area contributed by atoms with E-state index in [1.807, 2.05) is 31.2 Å². The van der Waals surface area contributed by atoms with Crippen LogP contribution in [0.3, 0.4) is 0 Å². The van der Waals surface area contributed by atoms with Gasteiger partial charge in [-0.1, -0.05) is 13.5 Å². The highest BCUT2D eigenvalue weighted by molar-refractivity contribution is 5.86. The Hall–Kier alpha value is -2.62. The number of aliphatic imine (C=N–C) groups is 1. The molecule has 0 saturated carbocycles. The zero-order valence-corrected chi connectivity index (χ0v) is 11.8. The second kappa shape index (κ2) is 6.70. The minimum Gasteiger partial charge on any atom is -0.457 e. The molecular weight excluding hydrogens is 267 g/mol. The molecule has 0 heterocycles. The van der Waals surface area contributed by atoms with Crippen LogP contribution in [-0.2, 0) is 0 Å². The highest BCUT2D eigenvalue weighted by Gasteiger charge is 2.01. The number of nitrogens with two attached hydrogens (primary N) is 1. The van der Waals surface area contributed by atoms with E-state index in [1.54, 1.807) is 12.1 Å². The van der Waals surface area contributed by atoms with Crippen LogP contribution in [0.4, 0.5) is 4.39 Å². The molecule has 0 aliphatic heterocycles. The maximum Gasteiger partial charge on any atom is 0.127 e. The molecular formula is C17H17FN2O. The zero-order chi connectivity index (χ0) is 15.2. The Labute approximate surface area is 123 Å². The monoisotopic (exact) mass is 284 g/mol. The minimum atomic E-state index is -0.291. The number of nitrogens with zero attached hydrogens (tertiary/aromatic N) is 1. The third kappa shape index (κ3) is 4.18. The molecule has 0 saturated heterocycles. The lowest BCUT2D eigenvalue weighted by molar-refractivity contribution is 0.480. The van der Waals surface area contributed by atoms with Crippen LogP contribution < -0.4 is 10.5 Å². The molecule has 4 heteroatoms. The lowest BCUT2D eigenvalue weighted by Gasteiger charge is -2.07. The van der Waals surface area contributed by atoms with E-state index < -0.39 is 0 Å². The van der Waals surface area contributed by atoms with Crippen LogP contribution >= 0.6 is 0 Å². The van der Waals surface area contributed by atoms with Gasteiger partial charge in [0, 0.05) is 6.42 Å². The number of rotatable bonds is 5. The summed E-state index contributed by atoms with van der Waals surface area (Å²) in [7, 11) is 0. The van der Waals surface area contributed by atoms with Gasteiger partial charge < -0.3 is 10.5 Å². The number of amidine groups is 1. The number of benzene rings is 2. The summed E-state index contributed by atoms with van der Waals surface area (Å²) in [5.74, 6) is 1.49. The van der Waals surface area contributed by atoms with E-state index in [4.69, 9.17) is 10.5 Å². The molecule has 108 valence electrons. The Morgan fingerprint density at radius 3 is 2.14 bits per heavy atom. The molecule has 0 fully saturated rings. The van der Waals surface area contributed by atoms with Crippen molar-refractivity contribution < 1.29 is 9.13 Å². The van der Waals surface area contributed by atoms with Gasteiger partial charge in [-0.3, -0.25) is 0 Å². The van der Waals surface area contributed by atoms with E-state index in [1.165, 1.54) is 12.1 Å². The number of halogens is 1. The van der Waals surface area contributed by atoms with Gasteiger partial charge in [0.05, 0.1) is 11.5 Å². The molecule has 21 heavy (non-hydrogen) atoms. The number of hydrogen-bond donors (Lipinski definition) is 1. The standard InChI is InChI=1S/C17H17FN2O/c1-3-17(19)20-12(2)13-4-8-15(9-5-13)21-16-10-6-14(18)7-11-16/h4-11H,2-3H2,1H3,(H2,19,20). The van der Waals surface area contributed by atoms with E-state index in [-0.39, 0.29) is 5.82 Å². The van der Waals surface area contributed by atoms with Crippen molar-refractivity contribution >= 4 is 11.5 Å². The van der Waals surface area contributed by atoms with Crippen LogP contribution in [0.1, 0.15) is 18.9 Å². The maximum atomic E-state index is 12.8. The molecule has 3 nitrogen and oxygen atoms in total. The summed E-state index contributed by atoms with van der Waals surface area (Å²) in [6.07, 6.45) is 0.685. The van der Waals surface area contributed by atoms with Crippen LogP contribution in [0.2, 0.25) is 0 Å². The average molecular weight is 284 g/mol. The highest BCUT2D eigenvalue weighted by Crippen LogP contribution is 2.24. The Morgan fingerprint density at radius 2 is 1.62 bits per heavy atom. The van der Waals surface area contributed by atoms with Gasteiger partial charge in [0.25, 0.3) is 0 Å². The molecule has 2 aromatic carbocycles. The summed E-state index contributed by atoms with van der Waals surface area (Å²) in [6.45, 7) is 5.82. The zero-order valence-electron chi connectivity index (χ0n) is 11.8. The first kappa shape index (κ1) is 14.8. The Balaban J connectivity index is 2.08. The van der Waals surface area contributed by atoms with Gasteiger partial charge >= 0.3 is 0 Å². The molecule has 2 aromatic rings. The van der Waals surface area contributed by atoms with Gasteiger partial charge in [-0.05, 0) is 54.1 Å². The van der Waals surface area contributed by atoms with E-state index >= 15 is 0 Å². The maximum absolute atomic E-state index is 12.8. The van der Waals surface area contributed by atoms with Crippen LogP contribution in [0.25, 0.3) is 5.70 Å². The molecule has 0 atom stereocenters. The van der Waals surface area contributed by atoms with Crippen molar-refractivity contribution in [3.05, 3.63) is 66.5 Å². The quantitative estimate of drug-likeness (QED) is 0.655. The lowest BCUT2D eigenvalue weighted by Crippen LogP contribution is -2.09. The van der Waals surface area contributed by atoms with Crippen molar-refractivity contribution in [2.45, 2.75) is 13.3 Å². The molecule has 0 aromatic heterocycles. The smallest absolute Gasteiger partial charge is 0.127 e. The molecule has 0 aliphatic rings. The highest BCUT2D eigenvalue weighted by atomic mass is 19.1. The first-order valence-electron chi connectivity index (χ1n) is 6.64. The summed E-state index contributed by atoms with van der Waals surface area (Å²) < 4.78 is 18.4. The molecule has 0 spiro atoms. The molecule has 0 amide bonds. The van der Waals surface area contributed by atoms with Gasteiger partial charge in [-0.15, -0.1) is 0 Å². The molecule has 2 rings (SSSR count). The van der Waals surface area contributed by atoms with Crippen molar-refractivity contribution in [3.63, 3.8) is 0 Å². The van der Waals surface area contributed by atoms with Gasteiger partial charge in [0.1, 0.15) is 17.3 Å². The largest absolute Gasteiger partial charge is 0.457 e. The lowest BCUT2D eigenvalue weighted by atomic mass is 10.2. The molecule has 2 N–H and O–H groups in total. The van der Waals surface area contributed by atoms with Crippen molar-refractivity contribution in [1.82, 2.24) is 0 Å². The predicted molar refractivity (Wildman–Crippen MR) is 83.9 cm³/mol. The normalized spacial score (nSPS) is 11.2. The van der Waals surface area contributed by atoms with Gasteiger partial charge in [0.15, 0.2) is 0 Å². The third-order valence-electron chi connectivity index (χ3n) is 2.88. The third-order valence-corrected chi connectivity index (χ3v) is 2.88. The van der Waals surface area contributed by atoms with Crippen molar-refractivity contribution in [2.24, 2.45) is 10.7 Å². The summed E-state index contributed by atoms with van der Waals surface area (Å²) >= 11 is 0. The first-order chi connectivity index (χ1) is 10.1. The van der Waals surface area contributed by atoms with Crippen molar-refractivity contribution in [1.29, 1.82) is 0 Å². The van der Waals surface area contributed by atoms with Crippen molar-refractivity contribution in [3.8, 4) is 11.5 Å². The Kier molecular flexibility index (Phi) is 4.72. The second-order valence-corrected chi connectivity index (χ2v) is 4.48. The van der Waals surface area contributed by atoms with Crippen LogP contribution in [-0.4, -0.2) is 5.84 Å².